The van der Waals surface area contributed by atoms with Gasteiger partial charge in [0.2, 0.25) is 0 Å². The quantitative estimate of drug-likeness (QED) is 0.713. The Morgan fingerprint density at radius 2 is 2.15 bits per heavy atom. The second-order valence-corrected chi connectivity index (χ2v) is 3.98. The highest BCUT2D eigenvalue weighted by Crippen LogP contribution is 2.27. The number of aliphatic hydroxyl groups excluding tert-OH is 1. The fourth-order valence-corrected chi connectivity index (χ4v) is 1.58. The van der Waals surface area contributed by atoms with Gasteiger partial charge in [-0.05, 0) is 12.3 Å². The molecule has 1 aliphatic rings. The van der Waals surface area contributed by atoms with Crippen molar-refractivity contribution in [1.82, 2.24) is 4.90 Å². The first-order valence-corrected chi connectivity index (χ1v) is 4.49. The van der Waals surface area contributed by atoms with Crippen LogP contribution in [0.15, 0.2) is 0 Å². The minimum atomic E-state index is -2.94. The molecule has 13 heavy (non-hydrogen) atoms. The predicted octanol–water partition coefficient (Wildman–Crippen LogP) is 1.30. The zero-order chi connectivity index (χ0) is 10.1. The van der Waals surface area contributed by atoms with Crippen molar-refractivity contribution in [2.75, 3.05) is 19.6 Å². The van der Waals surface area contributed by atoms with Gasteiger partial charge in [-0.25, -0.2) is 8.78 Å². The van der Waals surface area contributed by atoms with Gasteiger partial charge in [0.25, 0.3) is 5.92 Å². The molecule has 0 aromatic heterocycles. The lowest BCUT2D eigenvalue weighted by molar-refractivity contribution is -0.148. The van der Waals surface area contributed by atoms with Gasteiger partial charge in [0, 0.05) is 13.1 Å². The van der Waals surface area contributed by atoms with E-state index in [2.05, 4.69) is 0 Å². The fraction of sp³-hybridized carbons (Fsp3) is 0.889. The summed E-state index contributed by atoms with van der Waals surface area (Å²) in [5.41, 5.74) is 0. The Balaban J connectivity index is 2.46. The summed E-state index contributed by atoms with van der Waals surface area (Å²) < 4.78 is 26.0. The first kappa shape index (κ1) is 10.9. The van der Waals surface area contributed by atoms with Crippen LogP contribution in [0.2, 0.25) is 0 Å². The van der Waals surface area contributed by atoms with Crippen molar-refractivity contribution in [3.05, 3.63) is 5.92 Å². The van der Waals surface area contributed by atoms with E-state index in [1.807, 2.05) is 13.8 Å². The van der Waals surface area contributed by atoms with Crippen LogP contribution in [0.3, 0.4) is 0 Å². The SMILES string of the molecule is C[C](C)CN1CC[C@H](O)C(F)(F)C1. The molecule has 1 heterocycles. The summed E-state index contributed by atoms with van der Waals surface area (Å²) in [7, 11) is 0. The molecule has 1 atom stereocenters. The van der Waals surface area contributed by atoms with Gasteiger partial charge in [0.1, 0.15) is 6.10 Å². The molecule has 0 spiro atoms. The van der Waals surface area contributed by atoms with E-state index in [1.165, 1.54) is 0 Å². The maximum Gasteiger partial charge on any atom is 0.285 e. The van der Waals surface area contributed by atoms with E-state index in [4.69, 9.17) is 5.11 Å². The lowest BCUT2D eigenvalue weighted by Crippen LogP contribution is -2.52. The number of hydrogen-bond acceptors (Lipinski definition) is 2. The molecule has 0 unspecified atom stereocenters. The van der Waals surface area contributed by atoms with Crippen LogP contribution in [-0.2, 0) is 0 Å². The van der Waals surface area contributed by atoms with Gasteiger partial charge in [-0.15, -0.1) is 0 Å². The number of piperidine rings is 1. The Hall–Kier alpha value is -0.220. The van der Waals surface area contributed by atoms with E-state index in [0.29, 0.717) is 13.1 Å². The van der Waals surface area contributed by atoms with Gasteiger partial charge in [-0.2, -0.15) is 0 Å². The van der Waals surface area contributed by atoms with Crippen LogP contribution >= 0.6 is 0 Å². The van der Waals surface area contributed by atoms with Crippen LogP contribution in [-0.4, -0.2) is 41.7 Å². The summed E-state index contributed by atoms with van der Waals surface area (Å²) >= 11 is 0. The third-order valence-electron chi connectivity index (χ3n) is 2.18. The highest BCUT2D eigenvalue weighted by molar-refractivity contribution is 4.91. The van der Waals surface area contributed by atoms with Crippen LogP contribution < -0.4 is 0 Å². The van der Waals surface area contributed by atoms with Gasteiger partial charge >= 0.3 is 0 Å². The average molecular weight is 192 g/mol. The number of hydrogen-bond donors (Lipinski definition) is 1. The van der Waals surface area contributed by atoms with E-state index < -0.39 is 12.0 Å². The van der Waals surface area contributed by atoms with E-state index in [9.17, 15) is 8.78 Å². The molecule has 0 aromatic rings. The monoisotopic (exact) mass is 192 g/mol. The number of alkyl halides is 2. The standard InChI is InChI=1S/C9H16F2NO/c1-7(2)5-12-4-3-8(13)9(10,11)6-12/h8,13H,3-6H2,1-2H3/t8-/m0/s1. The maximum atomic E-state index is 13.0. The molecule has 0 aliphatic carbocycles. The van der Waals surface area contributed by atoms with Crippen molar-refractivity contribution < 1.29 is 13.9 Å². The Labute approximate surface area is 77.5 Å². The van der Waals surface area contributed by atoms with E-state index in [0.717, 1.165) is 5.92 Å². The zero-order valence-corrected chi connectivity index (χ0v) is 8.06. The molecule has 77 valence electrons. The van der Waals surface area contributed by atoms with Gasteiger partial charge < -0.3 is 5.11 Å². The Morgan fingerprint density at radius 1 is 1.54 bits per heavy atom. The molecule has 0 saturated carbocycles. The van der Waals surface area contributed by atoms with Gasteiger partial charge in [0.05, 0.1) is 6.54 Å². The topological polar surface area (TPSA) is 23.5 Å². The third kappa shape index (κ3) is 2.88. The smallest absolute Gasteiger partial charge is 0.285 e. The predicted molar refractivity (Wildman–Crippen MR) is 46.6 cm³/mol. The fourth-order valence-electron chi connectivity index (χ4n) is 1.58. The van der Waals surface area contributed by atoms with Crippen molar-refractivity contribution in [3.8, 4) is 0 Å². The van der Waals surface area contributed by atoms with E-state index in [1.54, 1.807) is 4.90 Å². The minimum Gasteiger partial charge on any atom is -0.387 e. The van der Waals surface area contributed by atoms with Crippen LogP contribution in [0.1, 0.15) is 20.3 Å². The van der Waals surface area contributed by atoms with Crippen LogP contribution in [0.25, 0.3) is 0 Å². The summed E-state index contributed by atoms with van der Waals surface area (Å²) in [6.07, 6.45) is -1.29. The minimum absolute atomic E-state index is 0.167. The Bertz CT molecular complexity index is 173. The second kappa shape index (κ2) is 3.88. The lowest BCUT2D eigenvalue weighted by Gasteiger charge is -2.36. The number of rotatable bonds is 2. The van der Waals surface area contributed by atoms with Crippen LogP contribution in [0.5, 0.6) is 0 Å². The Kier molecular flexibility index (Phi) is 3.24. The number of likely N-dealkylation sites (tertiary alicyclic amines) is 1. The first-order valence-electron chi connectivity index (χ1n) is 4.49. The van der Waals surface area contributed by atoms with Gasteiger partial charge in [-0.1, -0.05) is 13.8 Å². The highest BCUT2D eigenvalue weighted by atomic mass is 19.3. The van der Waals surface area contributed by atoms with E-state index >= 15 is 0 Å². The zero-order valence-electron chi connectivity index (χ0n) is 8.06. The van der Waals surface area contributed by atoms with Crippen LogP contribution in [0.4, 0.5) is 8.78 Å². The molecule has 1 N–H and O–H groups in total. The molecule has 1 radical (unpaired) electrons. The van der Waals surface area contributed by atoms with Gasteiger partial charge in [-0.3, -0.25) is 4.90 Å². The summed E-state index contributed by atoms with van der Waals surface area (Å²) in [6.45, 7) is 4.68. The van der Waals surface area contributed by atoms with Crippen LogP contribution in [0, 0.1) is 5.92 Å². The molecule has 0 bridgehead atoms. The van der Waals surface area contributed by atoms with E-state index in [-0.39, 0.29) is 13.0 Å². The number of halogens is 2. The van der Waals surface area contributed by atoms with Crippen molar-refractivity contribution in [2.24, 2.45) is 0 Å². The molecular formula is C9H16F2NO. The molecule has 1 aliphatic heterocycles. The largest absolute Gasteiger partial charge is 0.387 e. The molecule has 2 nitrogen and oxygen atoms in total. The van der Waals surface area contributed by atoms with Crippen molar-refractivity contribution in [2.45, 2.75) is 32.3 Å². The molecule has 1 rings (SSSR count). The summed E-state index contributed by atoms with van der Waals surface area (Å²) in [6, 6.07) is 0. The van der Waals surface area contributed by atoms with Crippen molar-refractivity contribution in [3.63, 3.8) is 0 Å². The first-order chi connectivity index (χ1) is 5.92. The average Bonchev–Trinajstić information content (AvgIpc) is 1.95. The molecule has 1 fully saturated rings. The summed E-state index contributed by atoms with van der Waals surface area (Å²) in [4.78, 5) is 1.68. The molecule has 0 amide bonds. The summed E-state index contributed by atoms with van der Waals surface area (Å²) in [5, 5.41) is 9.01. The van der Waals surface area contributed by atoms with Crippen molar-refractivity contribution >= 4 is 0 Å². The maximum absolute atomic E-state index is 13.0. The number of aliphatic hydroxyl groups is 1. The van der Waals surface area contributed by atoms with Crippen molar-refractivity contribution in [1.29, 1.82) is 0 Å². The molecule has 0 aromatic carbocycles. The summed E-state index contributed by atoms with van der Waals surface area (Å²) in [5.74, 6) is -1.82. The highest BCUT2D eigenvalue weighted by Gasteiger charge is 2.43. The molecule has 4 heteroatoms. The molecular weight excluding hydrogens is 176 g/mol. The number of nitrogens with zero attached hydrogens (tertiary/aromatic N) is 1. The van der Waals surface area contributed by atoms with Gasteiger partial charge in [0.15, 0.2) is 0 Å². The normalized spacial score (nSPS) is 29.5. The second-order valence-electron chi connectivity index (χ2n) is 3.98. The molecule has 1 saturated heterocycles. The Morgan fingerprint density at radius 3 is 2.62 bits per heavy atom. The third-order valence-corrected chi connectivity index (χ3v) is 2.18. The lowest BCUT2D eigenvalue weighted by atomic mass is 10.0.